The maximum atomic E-state index is 2.58. The van der Waals surface area contributed by atoms with Crippen LogP contribution in [0.1, 0.15) is 26.2 Å². The maximum absolute atomic E-state index is 2.58. The molecule has 0 heterocycles. The topological polar surface area (TPSA) is 0 Å². The van der Waals surface area contributed by atoms with Crippen molar-refractivity contribution in [2.45, 2.75) is 41.0 Å². The van der Waals surface area contributed by atoms with Crippen molar-refractivity contribution in [2.75, 3.05) is 0 Å². The molecule has 0 spiro atoms. The van der Waals surface area contributed by atoms with Crippen molar-refractivity contribution in [2.24, 2.45) is 0 Å². The van der Waals surface area contributed by atoms with E-state index in [1.54, 1.807) is 0 Å². The van der Waals surface area contributed by atoms with Gasteiger partial charge in [-0.15, -0.1) is 0 Å². The van der Waals surface area contributed by atoms with Crippen LogP contribution in [0.15, 0.2) is 38.9 Å². The van der Waals surface area contributed by atoms with Crippen molar-refractivity contribution in [1.29, 1.82) is 0 Å². The summed E-state index contributed by atoms with van der Waals surface area (Å²) < 4.78 is 3.38. The summed E-state index contributed by atoms with van der Waals surface area (Å²) in [5.74, 6) is 0. The second kappa shape index (κ2) is 7.66. The van der Waals surface area contributed by atoms with Crippen molar-refractivity contribution in [1.82, 2.24) is 0 Å². The summed E-state index contributed by atoms with van der Waals surface area (Å²) in [5, 5.41) is 0. The van der Waals surface area contributed by atoms with E-state index in [2.05, 4.69) is 58.2 Å². The molecule has 0 radical (unpaired) electrons. The van der Waals surface area contributed by atoms with E-state index in [1.807, 2.05) is 2.49 Å². The molecule has 94 valence electrons. The molecule has 0 aromatic heterocycles. The summed E-state index contributed by atoms with van der Waals surface area (Å²) >= 11 is -1.29. The zero-order valence-electron chi connectivity index (χ0n) is 11.5. The van der Waals surface area contributed by atoms with Crippen LogP contribution >= 0.6 is 0 Å². The minimum atomic E-state index is -1.87. The SMILES string of the molecule is CCCC/C=[C](/[Se]c1ccccc1)[Sn]([CH3])([CH3])[CH3]. The molecule has 1 aromatic rings. The van der Waals surface area contributed by atoms with Crippen molar-refractivity contribution < 1.29 is 0 Å². The van der Waals surface area contributed by atoms with Gasteiger partial charge in [0.15, 0.2) is 0 Å². The molecule has 1 rings (SSSR count). The van der Waals surface area contributed by atoms with E-state index in [4.69, 9.17) is 0 Å². The number of hydrogen-bond donors (Lipinski definition) is 0. The summed E-state index contributed by atoms with van der Waals surface area (Å²) in [6.45, 7) is 2.27. The van der Waals surface area contributed by atoms with E-state index in [0.717, 1.165) is 0 Å². The molecular weight excluding hydrogens is 378 g/mol. The van der Waals surface area contributed by atoms with Gasteiger partial charge in [0.05, 0.1) is 0 Å². The van der Waals surface area contributed by atoms with Gasteiger partial charge in [0.25, 0.3) is 0 Å². The molecular formula is C15H24SeSn. The van der Waals surface area contributed by atoms with E-state index in [0.29, 0.717) is 15.0 Å². The van der Waals surface area contributed by atoms with Crippen LogP contribution in [0.3, 0.4) is 0 Å². The van der Waals surface area contributed by atoms with Crippen molar-refractivity contribution in [3.63, 3.8) is 0 Å². The minimum absolute atomic E-state index is 0.573. The molecule has 0 atom stereocenters. The van der Waals surface area contributed by atoms with Gasteiger partial charge in [-0.05, 0) is 0 Å². The molecule has 0 amide bonds. The third-order valence-electron chi connectivity index (χ3n) is 2.60. The number of allylic oxidation sites excluding steroid dienone is 1. The second-order valence-electron chi connectivity index (χ2n) is 5.38. The standard InChI is InChI=1S/C12H15Se.3CH3.Sn/c1-2-3-4-8-11-13-12-9-6-5-7-10-12;;;;/h5-10H,2-4H2,1H3;3*1H3;. The van der Waals surface area contributed by atoms with E-state index < -0.39 is 18.4 Å². The first-order valence-electron chi connectivity index (χ1n) is 6.47. The van der Waals surface area contributed by atoms with Gasteiger partial charge in [-0.3, -0.25) is 0 Å². The first-order chi connectivity index (χ1) is 8.04. The first kappa shape index (κ1) is 15.3. The number of rotatable bonds is 6. The van der Waals surface area contributed by atoms with Gasteiger partial charge in [-0.25, -0.2) is 0 Å². The van der Waals surface area contributed by atoms with Crippen LogP contribution in [-0.4, -0.2) is 33.3 Å². The van der Waals surface area contributed by atoms with Gasteiger partial charge in [0.1, 0.15) is 0 Å². The number of unbranched alkanes of at least 4 members (excludes halogenated alkanes) is 2. The van der Waals surface area contributed by atoms with E-state index in [1.165, 1.54) is 23.7 Å². The molecule has 0 saturated carbocycles. The van der Waals surface area contributed by atoms with Gasteiger partial charge in [0.2, 0.25) is 0 Å². The van der Waals surface area contributed by atoms with Crippen molar-refractivity contribution >= 4 is 37.8 Å². The van der Waals surface area contributed by atoms with E-state index >= 15 is 0 Å². The molecule has 0 aliphatic heterocycles. The molecule has 2 heteroatoms. The summed E-state index contributed by atoms with van der Waals surface area (Å²) in [6, 6.07) is 11.0. The number of benzene rings is 1. The molecule has 0 unspecified atom stereocenters. The summed E-state index contributed by atoms with van der Waals surface area (Å²) in [5.41, 5.74) is 0. The van der Waals surface area contributed by atoms with Gasteiger partial charge >= 0.3 is 118 Å². The molecule has 0 bridgehead atoms. The zero-order chi connectivity index (χ0) is 12.7. The van der Waals surface area contributed by atoms with Crippen LogP contribution in [0, 0.1) is 0 Å². The average molecular weight is 402 g/mol. The Morgan fingerprint density at radius 2 is 1.82 bits per heavy atom. The average Bonchev–Trinajstić information content (AvgIpc) is 2.28. The summed E-state index contributed by atoms with van der Waals surface area (Å²) in [4.78, 5) is 7.62. The van der Waals surface area contributed by atoms with E-state index in [-0.39, 0.29) is 0 Å². The normalized spacial score (nSPS) is 12.8. The summed E-state index contributed by atoms with van der Waals surface area (Å²) in [6.07, 6.45) is 6.51. The first-order valence-corrected chi connectivity index (χ1v) is 18.2. The molecule has 0 saturated heterocycles. The molecule has 1 aromatic carbocycles. The third-order valence-corrected chi connectivity index (χ3v) is 19.4. The van der Waals surface area contributed by atoms with Gasteiger partial charge in [0, 0.05) is 0 Å². The van der Waals surface area contributed by atoms with Crippen LogP contribution in [0.4, 0.5) is 0 Å². The monoisotopic (exact) mass is 404 g/mol. The van der Waals surface area contributed by atoms with Crippen LogP contribution in [-0.2, 0) is 0 Å². The Morgan fingerprint density at radius 3 is 2.35 bits per heavy atom. The van der Waals surface area contributed by atoms with Crippen molar-refractivity contribution in [3.8, 4) is 0 Å². The predicted molar refractivity (Wildman–Crippen MR) is 82.8 cm³/mol. The Kier molecular flexibility index (Phi) is 6.91. The Bertz CT molecular complexity index is 349. The van der Waals surface area contributed by atoms with Crippen LogP contribution in [0.25, 0.3) is 0 Å². The summed E-state index contributed by atoms with van der Waals surface area (Å²) in [7, 11) is 0. The number of hydrogen-bond acceptors (Lipinski definition) is 0. The second-order valence-corrected chi connectivity index (χ2v) is 24.4. The molecule has 17 heavy (non-hydrogen) atoms. The van der Waals surface area contributed by atoms with Gasteiger partial charge in [-0.1, -0.05) is 0 Å². The predicted octanol–water partition coefficient (Wildman–Crippen LogP) is 3.97. The van der Waals surface area contributed by atoms with Crippen LogP contribution in [0.5, 0.6) is 0 Å². The van der Waals surface area contributed by atoms with Crippen LogP contribution < -0.4 is 4.46 Å². The Balaban J connectivity index is 2.75. The van der Waals surface area contributed by atoms with Gasteiger partial charge < -0.3 is 0 Å². The zero-order valence-corrected chi connectivity index (χ0v) is 16.1. The molecule has 0 nitrogen and oxygen atoms in total. The van der Waals surface area contributed by atoms with E-state index in [9.17, 15) is 0 Å². The van der Waals surface area contributed by atoms with Crippen molar-refractivity contribution in [3.05, 3.63) is 38.9 Å². The fourth-order valence-electron chi connectivity index (χ4n) is 1.55. The molecule has 0 aliphatic rings. The fourth-order valence-corrected chi connectivity index (χ4v) is 12.2. The quantitative estimate of drug-likeness (QED) is 0.499. The molecule has 0 aliphatic carbocycles. The fraction of sp³-hybridized carbons (Fsp3) is 0.467. The van der Waals surface area contributed by atoms with Gasteiger partial charge in [-0.2, -0.15) is 0 Å². The Hall–Kier alpha value is 0.278. The Labute approximate surface area is 117 Å². The molecule has 0 N–H and O–H groups in total. The van der Waals surface area contributed by atoms with Crippen LogP contribution in [0.2, 0.25) is 14.8 Å². The Morgan fingerprint density at radius 1 is 1.18 bits per heavy atom. The third kappa shape index (κ3) is 6.12. The molecule has 0 fully saturated rings.